The van der Waals surface area contributed by atoms with Crippen molar-refractivity contribution in [3.8, 4) is 0 Å². The third kappa shape index (κ3) is 3.54. The average molecular weight is 313 g/mol. The van der Waals surface area contributed by atoms with Gasteiger partial charge in [-0.15, -0.1) is 0 Å². The van der Waals surface area contributed by atoms with Crippen LogP contribution in [0.2, 0.25) is 0 Å². The van der Waals surface area contributed by atoms with E-state index in [2.05, 4.69) is 26.6 Å². The van der Waals surface area contributed by atoms with Gasteiger partial charge in [0.2, 0.25) is 5.91 Å². The maximum atomic E-state index is 11.6. The minimum atomic E-state index is -1.07. The van der Waals surface area contributed by atoms with Gasteiger partial charge in [0, 0.05) is 10.5 Å². The molecule has 3 N–H and O–H groups in total. The van der Waals surface area contributed by atoms with Crippen LogP contribution in [0.3, 0.4) is 0 Å². The number of halogens is 1. The van der Waals surface area contributed by atoms with Crippen molar-refractivity contribution in [3.05, 3.63) is 28.2 Å². The van der Waals surface area contributed by atoms with Crippen LogP contribution < -0.4 is 10.6 Å². The van der Waals surface area contributed by atoms with Crippen molar-refractivity contribution in [1.82, 2.24) is 5.32 Å². The molecule has 0 saturated heterocycles. The number of nitrogens with one attached hydrogen (secondary N) is 2. The number of carbonyl (C=O) groups excluding carboxylic acids is 1. The molecule has 1 aromatic carbocycles. The Hall–Kier alpha value is -1.40. The molecule has 1 fully saturated rings. The second kappa shape index (κ2) is 5.49. The topological polar surface area (TPSA) is 78.4 Å². The van der Waals surface area contributed by atoms with Gasteiger partial charge in [0.15, 0.2) is 0 Å². The zero-order chi connectivity index (χ0) is 13.1. The third-order valence-corrected chi connectivity index (χ3v) is 3.11. The van der Waals surface area contributed by atoms with Crippen molar-refractivity contribution in [2.24, 2.45) is 0 Å². The number of carbonyl (C=O) groups is 2. The number of rotatable bonds is 5. The zero-order valence-electron chi connectivity index (χ0n) is 9.57. The van der Waals surface area contributed by atoms with Crippen LogP contribution in [0.15, 0.2) is 22.7 Å². The summed E-state index contributed by atoms with van der Waals surface area (Å²) in [7, 11) is 0. The van der Waals surface area contributed by atoms with E-state index in [0.717, 1.165) is 12.8 Å². The van der Waals surface area contributed by atoms with Gasteiger partial charge in [0.05, 0.1) is 17.8 Å². The summed E-state index contributed by atoms with van der Waals surface area (Å²) in [4.78, 5) is 22.7. The number of amides is 1. The predicted octanol–water partition coefficient (Wildman–Crippen LogP) is 1.84. The molecule has 96 valence electrons. The molecule has 0 aliphatic heterocycles. The van der Waals surface area contributed by atoms with E-state index in [4.69, 9.17) is 5.11 Å². The predicted molar refractivity (Wildman–Crippen MR) is 70.8 cm³/mol. The summed E-state index contributed by atoms with van der Waals surface area (Å²) in [6.07, 6.45) is 2.21. The summed E-state index contributed by atoms with van der Waals surface area (Å²) < 4.78 is 0.661. The fourth-order valence-electron chi connectivity index (χ4n) is 1.52. The van der Waals surface area contributed by atoms with Gasteiger partial charge in [-0.05, 0) is 31.0 Å². The van der Waals surface area contributed by atoms with Crippen LogP contribution in [0.5, 0.6) is 0 Å². The number of aromatic carboxylic acids is 1. The van der Waals surface area contributed by atoms with E-state index in [1.165, 1.54) is 6.07 Å². The molecule has 1 saturated carbocycles. The Labute approximate surface area is 113 Å². The van der Waals surface area contributed by atoms with Crippen LogP contribution in [-0.2, 0) is 4.79 Å². The van der Waals surface area contributed by atoms with Crippen molar-refractivity contribution in [2.75, 3.05) is 11.9 Å². The van der Waals surface area contributed by atoms with Gasteiger partial charge in [-0.25, -0.2) is 4.79 Å². The van der Waals surface area contributed by atoms with Gasteiger partial charge in [-0.1, -0.05) is 15.9 Å². The SMILES string of the molecule is O=C(CNC1CC1)Nc1ccc(Br)cc1C(=O)O. The summed E-state index contributed by atoms with van der Waals surface area (Å²) in [5, 5.41) is 14.7. The fraction of sp³-hybridized carbons (Fsp3) is 0.333. The average Bonchev–Trinajstić information content (AvgIpc) is 3.12. The van der Waals surface area contributed by atoms with E-state index >= 15 is 0 Å². The highest BCUT2D eigenvalue weighted by atomic mass is 79.9. The molecule has 5 nitrogen and oxygen atoms in total. The van der Waals surface area contributed by atoms with Crippen LogP contribution in [0, 0.1) is 0 Å². The number of carboxylic acid groups (broad SMARTS) is 1. The van der Waals surface area contributed by atoms with Crippen LogP contribution in [-0.4, -0.2) is 29.6 Å². The highest BCUT2D eigenvalue weighted by Gasteiger charge is 2.21. The van der Waals surface area contributed by atoms with Gasteiger partial charge in [-0.3, -0.25) is 4.79 Å². The van der Waals surface area contributed by atoms with Gasteiger partial charge in [0.25, 0.3) is 0 Å². The Kier molecular flexibility index (Phi) is 3.98. The third-order valence-electron chi connectivity index (χ3n) is 2.61. The normalized spacial score (nSPS) is 14.3. The molecule has 1 aliphatic carbocycles. The molecule has 1 aliphatic rings. The van der Waals surface area contributed by atoms with Crippen LogP contribution in [0.25, 0.3) is 0 Å². The summed E-state index contributed by atoms with van der Waals surface area (Å²) in [5.41, 5.74) is 0.387. The molecule has 0 atom stereocenters. The first kappa shape index (κ1) is 13.0. The van der Waals surface area contributed by atoms with Crippen LogP contribution >= 0.6 is 15.9 Å². The number of hydrogen-bond donors (Lipinski definition) is 3. The summed E-state index contributed by atoms with van der Waals surface area (Å²) >= 11 is 3.20. The first-order chi connectivity index (χ1) is 8.56. The Morgan fingerprint density at radius 1 is 1.39 bits per heavy atom. The smallest absolute Gasteiger partial charge is 0.337 e. The Balaban J connectivity index is 2.02. The second-order valence-electron chi connectivity index (χ2n) is 4.20. The summed E-state index contributed by atoms with van der Waals surface area (Å²) in [6.45, 7) is 0.208. The Morgan fingerprint density at radius 3 is 2.72 bits per heavy atom. The molecular formula is C12H13BrN2O3. The first-order valence-corrected chi connectivity index (χ1v) is 6.41. The first-order valence-electron chi connectivity index (χ1n) is 5.62. The molecule has 0 unspecified atom stereocenters. The molecule has 0 spiro atoms. The maximum absolute atomic E-state index is 11.6. The second-order valence-corrected chi connectivity index (χ2v) is 5.11. The van der Waals surface area contributed by atoms with Crippen LogP contribution in [0.4, 0.5) is 5.69 Å². The molecule has 18 heavy (non-hydrogen) atoms. The van der Waals surface area contributed by atoms with E-state index in [1.54, 1.807) is 12.1 Å². The van der Waals surface area contributed by atoms with E-state index < -0.39 is 5.97 Å². The van der Waals surface area contributed by atoms with E-state index in [-0.39, 0.29) is 18.0 Å². The number of carboxylic acids is 1. The number of benzene rings is 1. The molecule has 0 bridgehead atoms. The number of hydrogen-bond acceptors (Lipinski definition) is 3. The van der Waals surface area contributed by atoms with Crippen molar-refractivity contribution in [2.45, 2.75) is 18.9 Å². The zero-order valence-corrected chi connectivity index (χ0v) is 11.2. The molecule has 0 aromatic heterocycles. The van der Waals surface area contributed by atoms with Gasteiger partial charge < -0.3 is 15.7 Å². The quantitative estimate of drug-likeness (QED) is 0.775. The summed E-state index contributed by atoms with van der Waals surface area (Å²) in [6, 6.07) is 5.17. The van der Waals surface area contributed by atoms with E-state index in [9.17, 15) is 9.59 Å². The molecule has 0 radical (unpaired) electrons. The summed E-state index contributed by atoms with van der Waals surface area (Å²) in [5.74, 6) is -1.30. The molecule has 1 aromatic rings. The Morgan fingerprint density at radius 2 is 2.11 bits per heavy atom. The largest absolute Gasteiger partial charge is 0.478 e. The van der Waals surface area contributed by atoms with Crippen molar-refractivity contribution >= 4 is 33.5 Å². The van der Waals surface area contributed by atoms with Crippen LogP contribution in [0.1, 0.15) is 23.2 Å². The van der Waals surface area contributed by atoms with Crippen molar-refractivity contribution < 1.29 is 14.7 Å². The lowest BCUT2D eigenvalue weighted by Gasteiger charge is -2.09. The highest BCUT2D eigenvalue weighted by Crippen LogP contribution is 2.21. The lowest BCUT2D eigenvalue weighted by molar-refractivity contribution is -0.115. The number of anilines is 1. The minimum Gasteiger partial charge on any atom is -0.478 e. The maximum Gasteiger partial charge on any atom is 0.337 e. The van der Waals surface area contributed by atoms with Gasteiger partial charge in [-0.2, -0.15) is 0 Å². The van der Waals surface area contributed by atoms with E-state index in [0.29, 0.717) is 16.2 Å². The van der Waals surface area contributed by atoms with Gasteiger partial charge >= 0.3 is 5.97 Å². The lowest BCUT2D eigenvalue weighted by atomic mass is 10.2. The monoisotopic (exact) mass is 312 g/mol. The molecule has 2 rings (SSSR count). The molecule has 0 heterocycles. The molecular weight excluding hydrogens is 300 g/mol. The fourth-order valence-corrected chi connectivity index (χ4v) is 1.88. The highest BCUT2D eigenvalue weighted by molar-refractivity contribution is 9.10. The van der Waals surface area contributed by atoms with E-state index in [1.807, 2.05) is 0 Å². The molecule has 6 heteroatoms. The minimum absolute atomic E-state index is 0.0733. The standard InChI is InChI=1S/C12H13BrN2O3/c13-7-1-4-10(9(5-7)12(17)18)15-11(16)6-14-8-2-3-8/h1,4-5,8,14H,2-3,6H2,(H,15,16)(H,17,18). The lowest BCUT2D eigenvalue weighted by Crippen LogP contribution is -2.29. The van der Waals surface area contributed by atoms with Crippen molar-refractivity contribution in [3.63, 3.8) is 0 Å². The van der Waals surface area contributed by atoms with Crippen molar-refractivity contribution in [1.29, 1.82) is 0 Å². The van der Waals surface area contributed by atoms with Gasteiger partial charge in [0.1, 0.15) is 0 Å². The molecule has 1 amide bonds. The Bertz CT molecular complexity index is 486.